The zero-order valence-corrected chi connectivity index (χ0v) is 13.7. The fourth-order valence-corrected chi connectivity index (χ4v) is 4.10. The van der Waals surface area contributed by atoms with Crippen molar-refractivity contribution in [1.29, 1.82) is 0 Å². The highest BCUT2D eigenvalue weighted by Gasteiger charge is 2.12. The summed E-state index contributed by atoms with van der Waals surface area (Å²) in [6.45, 7) is 0. The molecule has 104 valence electrons. The normalized spacial score (nSPS) is 13.6. The smallest absolute Gasteiger partial charge is 0.103 e. The van der Waals surface area contributed by atoms with Gasteiger partial charge in [-0.15, -0.1) is 0 Å². The molecule has 0 fully saturated rings. The highest BCUT2D eigenvalue weighted by molar-refractivity contribution is 9.10. The summed E-state index contributed by atoms with van der Waals surface area (Å²) in [4.78, 5) is 11.4. The van der Waals surface area contributed by atoms with Crippen LogP contribution in [0.25, 0.3) is 11.0 Å². The molecule has 4 heteroatoms. The van der Waals surface area contributed by atoms with Crippen LogP contribution in [0.2, 0.25) is 0 Å². The van der Waals surface area contributed by atoms with E-state index in [0.717, 1.165) is 20.4 Å². The summed E-state index contributed by atoms with van der Waals surface area (Å²) in [5.74, 6) is 0. The topological polar surface area (TPSA) is 25.8 Å². The lowest BCUT2D eigenvalue weighted by molar-refractivity contribution is 0.911. The van der Waals surface area contributed by atoms with E-state index in [9.17, 15) is 0 Å². The number of fused-ring (bicyclic) bond motifs is 2. The van der Waals surface area contributed by atoms with E-state index in [1.807, 2.05) is 24.5 Å². The Morgan fingerprint density at radius 1 is 1.00 bits per heavy atom. The maximum Gasteiger partial charge on any atom is 0.103 e. The van der Waals surface area contributed by atoms with E-state index in [4.69, 9.17) is 0 Å². The van der Waals surface area contributed by atoms with Crippen molar-refractivity contribution in [3.05, 3.63) is 58.3 Å². The van der Waals surface area contributed by atoms with Crippen molar-refractivity contribution in [2.24, 2.45) is 0 Å². The third-order valence-corrected chi connectivity index (χ3v) is 5.28. The molecule has 0 unspecified atom stereocenters. The lowest BCUT2D eigenvalue weighted by Gasteiger charge is -2.07. The zero-order chi connectivity index (χ0) is 14.2. The Bertz CT molecular complexity index is 832. The standard InChI is InChI=1S/C17H13BrN2S/c18-13-9-15-17(20-10-13)16(6-7-19-15)21-14-5-4-11-2-1-3-12(11)8-14/h4-10H,1-3H2. The van der Waals surface area contributed by atoms with Crippen LogP contribution in [0.5, 0.6) is 0 Å². The van der Waals surface area contributed by atoms with Gasteiger partial charge in [0.15, 0.2) is 0 Å². The molecule has 0 radical (unpaired) electrons. The van der Waals surface area contributed by atoms with Gasteiger partial charge in [0.2, 0.25) is 0 Å². The molecule has 1 aromatic carbocycles. The molecular formula is C17H13BrN2S. The summed E-state index contributed by atoms with van der Waals surface area (Å²) < 4.78 is 0.960. The second-order valence-corrected chi connectivity index (χ2v) is 7.25. The Hall–Kier alpha value is -1.39. The van der Waals surface area contributed by atoms with Gasteiger partial charge in [0.25, 0.3) is 0 Å². The van der Waals surface area contributed by atoms with E-state index < -0.39 is 0 Å². The lowest BCUT2D eigenvalue weighted by atomic mass is 10.1. The fraction of sp³-hybridized carbons (Fsp3) is 0.176. The summed E-state index contributed by atoms with van der Waals surface area (Å²) in [5.41, 5.74) is 4.91. The maximum absolute atomic E-state index is 4.52. The predicted octanol–water partition coefficient (Wildman–Crippen LogP) is 5.03. The number of hydrogen-bond donors (Lipinski definition) is 0. The molecule has 2 heterocycles. The Labute approximate surface area is 136 Å². The van der Waals surface area contributed by atoms with Gasteiger partial charge in [-0.2, -0.15) is 0 Å². The van der Waals surface area contributed by atoms with E-state index in [-0.39, 0.29) is 0 Å². The average molecular weight is 357 g/mol. The van der Waals surface area contributed by atoms with Crippen LogP contribution in [0.1, 0.15) is 17.5 Å². The van der Waals surface area contributed by atoms with E-state index in [1.165, 1.54) is 35.3 Å². The van der Waals surface area contributed by atoms with Crippen LogP contribution in [0.4, 0.5) is 0 Å². The Morgan fingerprint density at radius 3 is 2.86 bits per heavy atom. The van der Waals surface area contributed by atoms with Crippen molar-refractivity contribution in [1.82, 2.24) is 9.97 Å². The maximum atomic E-state index is 4.52. The van der Waals surface area contributed by atoms with Gasteiger partial charge >= 0.3 is 0 Å². The van der Waals surface area contributed by atoms with Crippen molar-refractivity contribution >= 4 is 38.7 Å². The number of pyridine rings is 2. The van der Waals surface area contributed by atoms with E-state index >= 15 is 0 Å². The highest BCUT2D eigenvalue weighted by Crippen LogP contribution is 2.34. The summed E-state index contributed by atoms with van der Waals surface area (Å²) in [6, 6.07) is 10.9. The molecule has 0 spiro atoms. The quantitative estimate of drug-likeness (QED) is 0.643. The molecule has 4 rings (SSSR count). The van der Waals surface area contributed by atoms with Gasteiger partial charge in [-0.1, -0.05) is 17.8 Å². The first-order chi connectivity index (χ1) is 10.3. The van der Waals surface area contributed by atoms with Gasteiger partial charge in [-0.05, 0) is 70.6 Å². The third kappa shape index (κ3) is 2.58. The molecule has 0 saturated carbocycles. The van der Waals surface area contributed by atoms with Crippen molar-refractivity contribution in [2.45, 2.75) is 29.1 Å². The molecule has 3 aromatic rings. The van der Waals surface area contributed by atoms with Gasteiger partial charge in [0.05, 0.1) is 5.52 Å². The van der Waals surface area contributed by atoms with Crippen molar-refractivity contribution in [3.8, 4) is 0 Å². The number of aryl methyl sites for hydroxylation is 2. The Morgan fingerprint density at radius 2 is 1.90 bits per heavy atom. The minimum atomic E-state index is 0.926. The first-order valence-corrected chi connectivity index (χ1v) is 8.60. The summed E-state index contributed by atoms with van der Waals surface area (Å²) in [6.07, 6.45) is 7.42. The van der Waals surface area contributed by atoms with Gasteiger partial charge in [-0.25, -0.2) is 0 Å². The van der Waals surface area contributed by atoms with Crippen LogP contribution < -0.4 is 0 Å². The molecule has 0 aliphatic heterocycles. The molecule has 2 aromatic heterocycles. The Kier molecular flexibility index (Phi) is 3.43. The van der Waals surface area contributed by atoms with Gasteiger partial charge < -0.3 is 0 Å². The molecular weight excluding hydrogens is 344 g/mol. The zero-order valence-electron chi connectivity index (χ0n) is 11.3. The van der Waals surface area contributed by atoms with Gasteiger partial charge in [-0.3, -0.25) is 9.97 Å². The first-order valence-electron chi connectivity index (χ1n) is 6.99. The van der Waals surface area contributed by atoms with Crippen LogP contribution in [-0.4, -0.2) is 9.97 Å². The summed E-state index contributed by atoms with van der Waals surface area (Å²) in [7, 11) is 0. The van der Waals surface area contributed by atoms with Crippen LogP contribution in [-0.2, 0) is 12.8 Å². The average Bonchev–Trinajstić information content (AvgIpc) is 2.95. The third-order valence-electron chi connectivity index (χ3n) is 3.80. The number of aromatic nitrogens is 2. The molecule has 1 aliphatic rings. The summed E-state index contributed by atoms with van der Waals surface area (Å²) in [5, 5.41) is 0. The number of rotatable bonds is 2. The molecule has 2 nitrogen and oxygen atoms in total. The van der Waals surface area contributed by atoms with Crippen LogP contribution >= 0.6 is 27.7 Å². The predicted molar refractivity (Wildman–Crippen MR) is 89.8 cm³/mol. The fourth-order valence-electron chi connectivity index (χ4n) is 2.80. The highest BCUT2D eigenvalue weighted by atomic mass is 79.9. The molecule has 0 atom stereocenters. The van der Waals surface area contributed by atoms with Crippen molar-refractivity contribution in [3.63, 3.8) is 0 Å². The molecule has 21 heavy (non-hydrogen) atoms. The first kappa shape index (κ1) is 13.3. The van der Waals surface area contributed by atoms with Crippen LogP contribution in [0.3, 0.4) is 0 Å². The van der Waals surface area contributed by atoms with Crippen molar-refractivity contribution in [2.75, 3.05) is 0 Å². The molecule has 0 N–H and O–H groups in total. The summed E-state index contributed by atoms with van der Waals surface area (Å²) >= 11 is 5.22. The lowest BCUT2D eigenvalue weighted by Crippen LogP contribution is -1.87. The number of nitrogens with zero attached hydrogens (tertiary/aromatic N) is 2. The molecule has 0 amide bonds. The van der Waals surface area contributed by atoms with Crippen LogP contribution in [0.15, 0.2) is 57.0 Å². The minimum absolute atomic E-state index is 0.926. The Balaban J connectivity index is 1.74. The number of hydrogen-bond acceptors (Lipinski definition) is 3. The minimum Gasteiger partial charge on any atom is -0.254 e. The molecule has 0 bridgehead atoms. The molecule has 0 saturated heterocycles. The number of benzene rings is 1. The second-order valence-electron chi connectivity index (χ2n) is 5.22. The second kappa shape index (κ2) is 5.43. The van der Waals surface area contributed by atoms with Crippen LogP contribution in [0, 0.1) is 0 Å². The SMILES string of the molecule is Brc1cnc2c(Sc3ccc4c(c3)CCC4)ccnc2c1. The van der Waals surface area contributed by atoms with E-state index in [1.54, 1.807) is 11.8 Å². The molecule has 1 aliphatic carbocycles. The van der Waals surface area contributed by atoms with Gasteiger partial charge in [0.1, 0.15) is 5.52 Å². The van der Waals surface area contributed by atoms with Gasteiger partial charge in [0, 0.05) is 26.7 Å². The van der Waals surface area contributed by atoms with E-state index in [0.29, 0.717) is 0 Å². The monoisotopic (exact) mass is 356 g/mol. The van der Waals surface area contributed by atoms with E-state index in [2.05, 4.69) is 44.1 Å². The largest absolute Gasteiger partial charge is 0.254 e. The number of halogens is 1. The van der Waals surface area contributed by atoms with Crippen molar-refractivity contribution < 1.29 is 0 Å².